The largest absolute Gasteiger partial charge is 0.357 e. The zero-order chi connectivity index (χ0) is 15.5. The van der Waals surface area contributed by atoms with Gasteiger partial charge in [0.1, 0.15) is 5.82 Å². The Hall–Kier alpha value is -1.04. The Morgan fingerprint density at radius 1 is 1.35 bits per heavy atom. The molecule has 1 aliphatic heterocycles. The molecule has 2 heterocycles. The summed E-state index contributed by atoms with van der Waals surface area (Å²) in [5, 5.41) is 3.03. The van der Waals surface area contributed by atoms with Crippen LogP contribution in [0.5, 0.6) is 0 Å². The fraction of sp³-hybridized carbons (Fsp3) is 0.625. The highest BCUT2D eigenvalue weighted by Crippen LogP contribution is 2.19. The molecule has 1 amide bonds. The van der Waals surface area contributed by atoms with Gasteiger partial charge in [-0.25, -0.2) is 4.98 Å². The third-order valence-electron chi connectivity index (χ3n) is 4.54. The van der Waals surface area contributed by atoms with Gasteiger partial charge in [-0.2, -0.15) is 0 Å². The Labute approximate surface area is 151 Å². The second kappa shape index (κ2) is 9.30. The van der Waals surface area contributed by atoms with Gasteiger partial charge in [0.15, 0.2) is 0 Å². The summed E-state index contributed by atoms with van der Waals surface area (Å²) in [5.74, 6) is 1.11. The van der Waals surface area contributed by atoms with Crippen LogP contribution < -0.4 is 16.0 Å². The van der Waals surface area contributed by atoms with Crippen LogP contribution in [0.15, 0.2) is 18.3 Å². The highest BCUT2D eigenvalue weighted by atomic mass is 35.5. The van der Waals surface area contributed by atoms with Crippen LogP contribution in [0.3, 0.4) is 0 Å². The minimum absolute atomic E-state index is 0. The van der Waals surface area contributed by atoms with Crippen LogP contribution in [0.4, 0.5) is 5.82 Å². The number of carbonyl (C=O) groups is 1. The molecule has 132 valence electrons. The molecule has 3 N–H and O–H groups in total. The van der Waals surface area contributed by atoms with Crippen molar-refractivity contribution in [3.63, 3.8) is 0 Å². The molecule has 7 heteroatoms. The molecular formula is C16H28Cl2N4O. The standard InChI is InChI=1S/C16H26N4O.2ClH/c1-12(2)16(3,11-17)19-15(21)13-6-7-14(18-10-13)20-8-4-5-9-20;;/h6-7,10,12H,4-5,8-9,11,17H2,1-3H3,(H,19,21);2*1H. The highest BCUT2D eigenvalue weighted by Gasteiger charge is 2.29. The lowest BCUT2D eigenvalue weighted by Gasteiger charge is -2.33. The van der Waals surface area contributed by atoms with E-state index in [-0.39, 0.29) is 36.6 Å². The van der Waals surface area contributed by atoms with Crippen LogP contribution in [0, 0.1) is 5.92 Å². The number of hydrogen-bond donors (Lipinski definition) is 2. The van der Waals surface area contributed by atoms with Gasteiger partial charge in [0.2, 0.25) is 0 Å². The van der Waals surface area contributed by atoms with Crippen LogP contribution in [0.1, 0.15) is 44.0 Å². The molecule has 1 aromatic rings. The number of nitrogens with zero attached hydrogens (tertiary/aromatic N) is 2. The molecule has 1 fully saturated rings. The first-order valence-corrected chi connectivity index (χ1v) is 7.70. The third-order valence-corrected chi connectivity index (χ3v) is 4.54. The first-order chi connectivity index (χ1) is 9.96. The van der Waals surface area contributed by atoms with Crippen molar-refractivity contribution in [2.24, 2.45) is 11.7 Å². The summed E-state index contributed by atoms with van der Waals surface area (Å²) in [6.07, 6.45) is 4.08. The molecule has 0 spiro atoms. The summed E-state index contributed by atoms with van der Waals surface area (Å²) in [7, 11) is 0. The lowest BCUT2D eigenvalue weighted by atomic mass is 9.88. The molecule has 5 nitrogen and oxygen atoms in total. The van der Waals surface area contributed by atoms with Gasteiger partial charge in [0.25, 0.3) is 5.91 Å². The molecule has 0 aromatic carbocycles. The maximum Gasteiger partial charge on any atom is 0.253 e. The molecule has 0 saturated carbocycles. The maximum atomic E-state index is 12.3. The van der Waals surface area contributed by atoms with E-state index in [9.17, 15) is 4.79 Å². The Kier molecular flexibility index (Phi) is 8.88. The van der Waals surface area contributed by atoms with Crippen molar-refractivity contribution in [3.8, 4) is 0 Å². The maximum absolute atomic E-state index is 12.3. The zero-order valence-electron chi connectivity index (χ0n) is 14.0. The fourth-order valence-corrected chi connectivity index (χ4v) is 2.42. The molecule has 2 rings (SSSR count). The molecule has 0 aliphatic carbocycles. The second-order valence-corrected chi connectivity index (χ2v) is 6.33. The monoisotopic (exact) mass is 362 g/mol. The Morgan fingerprint density at radius 2 is 1.96 bits per heavy atom. The van der Waals surface area contributed by atoms with Crippen molar-refractivity contribution < 1.29 is 4.79 Å². The molecule has 1 atom stereocenters. The van der Waals surface area contributed by atoms with E-state index in [0.717, 1.165) is 18.9 Å². The van der Waals surface area contributed by atoms with Crippen molar-refractivity contribution in [1.82, 2.24) is 10.3 Å². The quantitative estimate of drug-likeness (QED) is 0.844. The van der Waals surface area contributed by atoms with Crippen LogP contribution in [0.2, 0.25) is 0 Å². The first-order valence-electron chi connectivity index (χ1n) is 7.70. The number of nitrogens with one attached hydrogen (secondary N) is 1. The van der Waals surface area contributed by atoms with E-state index >= 15 is 0 Å². The lowest BCUT2D eigenvalue weighted by Crippen LogP contribution is -2.55. The van der Waals surface area contributed by atoms with Gasteiger partial charge in [0, 0.05) is 25.8 Å². The molecule has 1 aliphatic rings. The second-order valence-electron chi connectivity index (χ2n) is 6.33. The fourth-order valence-electron chi connectivity index (χ4n) is 2.42. The number of anilines is 1. The lowest BCUT2D eigenvalue weighted by molar-refractivity contribution is 0.0883. The van der Waals surface area contributed by atoms with E-state index in [1.54, 1.807) is 6.20 Å². The third kappa shape index (κ3) is 5.23. The topological polar surface area (TPSA) is 71.2 Å². The number of halogens is 2. The summed E-state index contributed by atoms with van der Waals surface area (Å²) in [6.45, 7) is 8.61. The Morgan fingerprint density at radius 3 is 2.39 bits per heavy atom. The summed E-state index contributed by atoms with van der Waals surface area (Å²) in [6, 6.07) is 3.77. The van der Waals surface area contributed by atoms with Crippen LogP contribution >= 0.6 is 24.8 Å². The van der Waals surface area contributed by atoms with Gasteiger partial charge >= 0.3 is 0 Å². The average molecular weight is 363 g/mol. The molecule has 0 radical (unpaired) electrons. The van der Waals surface area contributed by atoms with Gasteiger partial charge in [0.05, 0.1) is 11.1 Å². The smallest absolute Gasteiger partial charge is 0.253 e. The minimum atomic E-state index is -0.398. The summed E-state index contributed by atoms with van der Waals surface area (Å²) in [4.78, 5) is 19.0. The predicted octanol–water partition coefficient (Wildman–Crippen LogP) is 2.63. The predicted molar refractivity (Wildman–Crippen MR) is 99.9 cm³/mol. The molecule has 23 heavy (non-hydrogen) atoms. The number of carbonyl (C=O) groups excluding carboxylic acids is 1. The van der Waals surface area contributed by atoms with Gasteiger partial charge in [-0.1, -0.05) is 13.8 Å². The minimum Gasteiger partial charge on any atom is -0.357 e. The number of amides is 1. The van der Waals surface area contributed by atoms with Crippen molar-refractivity contribution >= 4 is 36.5 Å². The Bertz CT molecular complexity index is 489. The molecule has 1 aromatic heterocycles. The molecule has 0 bridgehead atoms. The van der Waals surface area contributed by atoms with E-state index in [0.29, 0.717) is 12.1 Å². The van der Waals surface area contributed by atoms with Crippen LogP contribution in [0.25, 0.3) is 0 Å². The van der Waals surface area contributed by atoms with E-state index in [1.165, 1.54) is 12.8 Å². The van der Waals surface area contributed by atoms with E-state index in [1.807, 2.05) is 19.1 Å². The van der Waals surface area contributed by atoms with Crippen LogP contribution in [-0.2, 0) is 0 Å². The number of rotatable bonds is 5. The Balaban J connectivity index is 0.00000242. The van der Waals surface area contributed by atoms with E-state index < -0.39 is 5.54 Å². The summed E-state index contributed by atoms with van der Waals surface area (Å²) < 4.78 is 0. The number of nitrogens with two attached hydrogens (primary N) is 1. The van der Waals surface area contributed by atoms with Crippen molar-refractivity contribution in [2.45, 2.75) is 39.2 Å². The van der Waals surface area contributed by atoms with Gasteiger partial charge < -0.3 is 16.0 Å². The number of aromatic nitrogens is 1. The zero-order valence-corrected chi connectivity index (χ0v) is 15.7. The molecule has 1 unspecified atom stereocenters. The van der Waals surface area contributed by atoms with Gasteiger partial charge in [-0.05, 0) is 37.8 Å². The van der Waals surface area contributed by atoms with E-state index in [2.05, 4.69) is 29.0 Å². The van der Waals surface area contributed by atoms with Crippen molar-refractivity contribution in [2.75, 3.05) is 24.5 Å². The number of pyridine rings is 1. The summed E-state index contributed by atoms with van der Waals surface area (Å²) >= 11 is 0. The van der Waals surface area contributed by atoms with Gasteiger partial charge in [-0.3, -0.25) is 4.79 Å². The highest BCUT2D eigenvalue weighted by molar-refractivity contribution is 5.94. The van der Waals surface area contributed by atoms with E-state index in [4.69, 9.17) is 5.73 Å². The average Bonchev–Trinajstić information content (AvgIpc) is 3.01. The summed E-state index contributed by atoms with van der Waals surface area (Å²) in [5.41, 5.74) is 5.99. The normalized spacial score (nSPS) is 16.3. The SMILES string of the molecule is CC(C)C(C)(CN)NC(=O)c1ccc(N2CCCC2)nc1.Cl.Cl. The molecular weight excluding hydrogens is 335 g/mol. The van der Waals surface area contributed by atoms with Gasteiger partial charge in [-0.15, -0.1) is 24.8 Å². The van der Waals surface area contributed by atoms with Crippen molar-refractivity contribution in [3.05, 3.63) is 23.9 Å². The van der Waals surface area contributed by atoms with Crippen LogP contribution in [-0.4, -0.2) is 36.1 Å². The van der Waals surface area contributed by atoms with Crippen molar-refractivity contribution in [1.29, 1.82) is 0 Å². The first kappa shape index (κ1) is 22.0. The molecule has 1 saturated heterocycles. The number of hydrogen-bond acceptors (Lipinski definition) is 4.